The van der Waals surface area contributed by atoms with Gasteiger partial charge in [-0.1, -0.05) is 32.9 Å². The molecule has 0 atom stereocenters. The second kappa shape index (κ2) is 7.27. The number of rotatable bonds is 5. The number of ether oxygens (including phenoxy) is 1. The molecule has 0 aliphatic rings. The number of aromatic nitrogens is 1. The van der Waals surface area contributed by atoms with Crippen LogP contribution >= 0.6 is 0 Å². The van der Waals surface area contributed by atoms with Crippen LogP contribution in [-0.2, 0) is 11.8 Å². The van der Waals surface area contributed by atoms with Gasteiger partial charge in [-0.05, 0) is 41.2 Å². The van der Waals surface area contributed by atoms with Gasteiger partial charge < -0.3 is 10.1 Å². The maximum atomic E-state index is 12.0. The largest absolute Gasteiger partial charge is 0.496 e. The molecule has 23 heavy (non-hydrogen) atoms. The third-order valence-corrected chi connectivity index (χ3v) is 3.71. The Labute approximate surface area is 137 Å². The fourth-order valence-corrected chi connectivity index (χ4v) is 2.42. The summed E-state index contributed by atoms with van der Waals surface area (Å²) < 4.78 is 5.45. The molecule has 0 saturated carbocycles. The predicted octanol–water partition coefficient (Wildman–Crippen LogP) is 3.36. The number of pyridine rings is 1. The lowest BCUT2D eigenvalue weighted by Crippen LogP contribution is -2.25. The van der Waals surface area contributed by atoms with E-state index >= 15 is 0 Å². The van der Waals surface area contributed by atoms with Crippen LogP contribution in [0, 0.1) is 0 Å². The first-order chi connectivity index (χ1) is 10.9. The van der Waals surface area contributed by atoms with E-state index in [1.54, 1.807) is 31.6 Å². The van der Waals surface area contributed by atoms with Crippen molar-refractivity contribution in [2.45, 2.75) is 32.6 Å². The summed E-state index contributed by atoms with van der Waals surface area (Å²) in [5.74, 6) is 0.832. The van der Waals surface area contributed by atoms with Crippen molar-refractivity contribution in [3.05, 3.63) is 59.4 Å². The van der Waals surface area contributed by atoms with Crippen LogP contribution in [0.5, 0.6) is 5.75 Å². The Hall–Kier alpha value is -2.36. The number of carbonyl (C=O) groups excluding carboxylic acids is 1. The van der Waals surface area contributed by atoms with E-state index in [9.17, 15) is 4.79 Å². The number of amides is 1. The Morgan fingerprint density at radius 2 is 1.87 bits per heavy atom. The van der Waals surface area contributed by atoms with E-state index in [0.717, 1.165) is 12.2 Å². The molecule has 0 fully saturated rings. The van der Waals surface area contributed by atoms with Crippen LogP contribution in [0.4, 0.5) is 0 Å². The molecule has 1 aromatic heterocycles. The van der Waals surface area contributed by atoms with Crippen LogP contribution in [-0.4, -0.2) is 24.5 Å². The Morgan fingerprint density at radius 3 is 2.48 bits per heavy atom. The van der Waals surface area contributed by atoms with Crippen molar-refractivity contribution in [2.24, 2.45) is 0 Å². The molecule has 1 aromatic carbocycles. The standard InChI is InChI=1S/C19H24N2O2/c1-19(2,3)16-13-14(5-6-17(16)23-4)7-12-21-18(22)15-8-10-20-11-9-15/h5-6,8-11,13H,7,12H2,1-4H3,(H,21,22). The van der Waals surface area contributed by atoms with Crippen molar-refractivity contribution in [3.8, 4) is 5.75 Å². The summed E-state index contributed by atoms with van der Waals surface area (Å²) in [6, 6.07) is 9.63. The molecule has 0 unspecified atom stereocenters. The number of benzene rings is 1. The maximum Gasteiger partial charge on any atom is 0.251 e. The highest BCUT2D eigenvalue weighted by Gasteiger charge is 2.19. The minimum Gasteiger partial charge on any atom is -0.496 e. The summed E-state index contributed by atoms with van der Waals surface area (Å²) in [6.45, 7) is 7.09. The molecule has 1 N–H and O–H groups in total. The van der Waals surface area contributed by atoms with Gasteiger partial charge in [-0.15, -0.1) is 0 Å². The normalized spacial score (nSPS) is 11.1. The van der Waals surface area contributed by atoms with E-state index in [-0.39, 0.29) is 11.3 Å². The number of methoxy groups -OCH3 is 1. The third-order valence-electron chi connectivity index (χ3n) is 3.71. The van der Waals surface area contributed by atoms with Gasteiger partial charge >= 0.3 is 0 Å². The van der Waals surface area contributed by atoms with Crippen LogP contribution in [0.1, 0.15) is 42.3 Å². The second-order valence-electron chi connectivity index (χ2n) is 6.53. The fourth-order valence-electron chi connectivity index (χ4n) is 2.42. The van der Waals surface area contributed by atoms with Crippen LogP contribution in [0.3, 0.4) is 0 Å². The van der Waals surface area contributed by atoms with Crippen molar-refractivity contribution in [3.63, 3.8) is 0 Å². The molecule has 2 rings (SSSR count). The molecule has 0 aliphatic carbocycles. The number of hydrogen-bond acceptors (Lipinski definition) is 3. The minimum absolute atomic E-state index is 0.0155. The van der Waals surface area contributed by atoms with E-state index in [4.69, 9.17) is 4.74 Å². The SMILES string of the molecule is COc1ccc(CCNC(=O)c2ccncc2)cc1C(C)(C)C. The molecule has 0 spiro atoms. The highest BCUT2D eigenvalue weighted by Crippen LogP contribution is 2.32. The van der Waals surface area contributed by atoms with Crippen LogP contribution in [0.2, 0.25) is 0 Å². The lowest BCUT2D eigenvalue weighted by Gasteiger charge is -2.23. The topological polar surface area (TPSA) is 51.2 Å². The molecule has 0 radical (unpaired) electrons. The molecule has 122 valence electrons. The Bertz CT molecular complexity index is 661. The van der Waals surface area contributed by atoms with Crippen LogP contribution < -0.4 is 10.1 Å². The summed E-state index contributed by atoms with van der Waals surface area (Å²) in [5, 5.41) is 2.94. The first-order valence-electron chi connectivity index (χ1n) is 7.77. The first-order valence-corrected chi connectivity index (χ1v) is 7.77. The highest BCUT2D eigenvalue weighted by atomic mass is 16.5. The van der Waals surface area contributed by atoms with Gasteiger partial charge in [0, 0.05) is 24.5 Å². The van der Waals surface area contributed by atoms with Crippen LogP contribution in [0.15, 0.2) is 42.7 Å². The van der Waals surface area contributed by atoms with Gasteiger partial charge in [0.25, 0.3) is 5.91 Å². The molecule has 0 bridgehead atoms. The zero-order valence-electron chi connectivity index (χ0n) is 14.2. The van der Waals surface area contributed by atoms with Crippen molar-refractivity contribution in [2.75, 3.05) is 13.7 Å². The Morgan fingerprint density at radius 1 is 1.17 bits per heavy atom. The fraction of sp³-hybridized carbons (Fsp3) is 0.368. The van der Waals surface area contributed by atoms with E-state index < -0.39 is 0 Å². The molecular weight excluding hydrogens is 288 g/mol. The van der Waals surface area contributed by atoms with Crippen molar-refractivity contribution < 1.29 is 9.53 Å². The zero-order valence-corrected chi connectivity index (χ0v) is 14.2. The molecule has 2 aromatic rings. The number of carbonyl (C=O) groups is 1. The van der Waals surface area contributed by atoms with Gasteiger partial charge in [0.15, 0.2) is 0 Å². The second-order valence-corrected chi connectivity index (χ2v) is 6.53. The van der Waals surface area contributed by atoms with E-state index in [1.165, 1.54) is 11.1 Å². The number of nitrogens with one attached hydrogen (secondary N) is 1. The van der Waals surface area contributed by atoms with Crippen LogP contribution in [0.25, 0.3) is 0 Å². The van der Waals surface area contributed by atoms with Crippen molar-refractivity contribution in [1.29, 1.82) is 0 Å². The summed E-state index contributed by atoms with van der Waals surface area (Å²) in [5.41, 5.74) is 3.01. The lowest BCUT2D eigenvalue weighted by molar-refractivity contribution is 0.0954. The molecule has 1 heterocycles. The average Bonchev–Trinajstić information content (AvgIpc) is 2.54. The number of hydrogen-bond donors (Lipinski definition) is 1. The average molecular weight is 312 g/mol. The Balaban J connectivity index is 2.00. The number of nitrogens with zero attached hydrogens (tertiary/aromatic N) is 1. The molecule has 4 nitrogen and oxygen atoms in total. The van der Waals surface area contributed by atoms with Gasteiger partial charge in [-0.3, -0.25) is 9.78 Å². The van der Waals surface area contributed by atoms with E-state index in [0.29, 0.717) is 12.1 Å². The summed E-state index contributed by atoms with van der Waals surface area (Å²) in [7, 11) is 1.69. The molecular formula is C19H24N2O2. The van der Waals surface area contributed by atoms with E-state index in [1.807, 2.05) is 12.1 Å². The molecule has 0 saturated heterocycles. The van der Waals surface area contributed by atoms with Gasteiger partial charge in [-0.25, -0.2) is 0 Å². The van der Waals surface area contributed by atoms with Gasteiger partial charge in [0.05, 0.1) is 7.11 Å². The van der Waals surface area contributed by atoms with Gasteiger partial charge in [-0.2, -0.15) is 0 Å². The molecule has 1 amide bonds. The highest BCUT2D eigenvalue weighted by molar-refractivity contribution is 5.93. The third kappa shape index (κ3) is 4.55. The Kier molecular flexibility index (Phi) is 5.37. The zero-order chi connectivity index (χ0) is 16.9. The summed E-state index contributed by atoms with van der Waals surface area (Å²) in [4.78, 5) is 15.9. The van der Waals surface area contributed by atoms with Gasteiger partial charge in [0.1, 0.15) is 5.75 Å². The summed E-state index contributed by atoms with van der Waals surface area (Å²) >= 11 is 0. The van der Waals surface area contributed by atoms with Gasteiger partial charge in [0.2, 0.25) is 0 Å². The van der Waals surface area contributed by atoms with E-state index in [2.05, 4.69) is 37.1 Å². The monoisotopic (exact) mass is 312 g/mol. The quantitative estimate of drug-likeness (QED) is 0.921. The van der Waals surface area contributed by atoms with Crippen molar-refractivity contribution in [1.82, 2.24) is 10.3 Å². The summed E-state index contributed by atoms with van der Waals surface area (Å²) in [6.07, 6.45) is 4.02. The lowest BCUT2D eigenvalue weighted by atomic mass is 9.85. The maximum absolute atomic E-state index is 12.0. The smallest absolute Gasteiger partial charge is 0.251 e. The first kappa shape index (κ1) is 17.0. The molecule has 0 aliphatic heterocycles. The molecule has 4 heteroatoms. The predicted molar refractivity (Wildman–Crippen MR) is 92.0 cm³/mol. The minimum atomic E-state index is -0.0723. The van der Waals surface area contributed by atoms with Crippen molar-refractivity contribution >= 4 is 5.91 Å².